The average molecular weight is 266 g/mol. The van der Waals surface area contributed by atoms with Crippen molar-refractivity contribution < 1.29 is 19.1 Å². The Kier molecular flexibility index (Phi) is 5.17. The minimum absolute atomic E-state index is 0.225. The van der Waals surface area contributed by atoms with Gasteiger partial charge in [-0.1, -0.05) is 6.92 Å². The predicted molar refractivity (Wildman–Crippen MR) is 70.7 cm³/mol. The Morgan fingerprint density at radius 2 is 1.95 bits per heavy atom. The van der Waals surface area contributed by atoms with Crippen LogP contribution < -0.4 is 16.2 Å². The number of benzene rings is 1. The molecule has 1 aromatic carbocycles. The van der Waals surface area contributed by atoms with Crippen LogP contribution in [0.1, 0.15) is 30.6 Å². The average Bonchev–Trinajstić information content (AvgIpc) is 2.34. The van der Waals surface area contributed by atoms with Crippen molar-refractivity contribution in [1.82, 2.24) is 0 Å². The van der Waals surface area contributed by atoms with E-state index in [4.69, 9.17) is 20.9 Å². The Bertz CT molecular complexity index is 474. The van der Waals surface area contributed by atoms with E-state index in [1.54, 1.807) is 13.0 Å². The third-order valence-electron chi connectivity index (χ3n) is 2.41. The molecule has 4 N–H and O–H groups in total. The molecule has 1 atom stereocenters. The minimum atomic E-state index is -0.940. The molecule has 1 unspecified atom stereocenters. The van der Waals surface area contributed by atoms with Gasteiger partial charge < -0.3 is 20.9 Å². The van der Waals surface area contributed by atoms with Gasteiger partial charge in [0, 0.05) is 11.8 Å². The fourth-order valence-electron chi connectivity index (χ4n) is 1.53. The highest BCUT2D eigenvalue weighted by atomic mass is 16.5. The number of rotatable bonds is 6. The molecular formula is C13H18N2O4. The fourth-order valence-corrected chi connectivity index (χ4v) is 1.53. The Hall–Kier alpha value is -2.24. The van der Waals surface area contributed by atoms with E-state index in [-0.39, 0.29) is 5.56 Å². The van der Waals surface area contributed by atoms with Crippen LogP contribution in [0.25, 0.3) is 0 Å². The van der Waals surface area contributed by atoms with E-state index in [1.807, 2.05) is 6.92 Å². The number of ether oxygens (including phenoxy) is 2. The number of anilines is 1. The molecule has 19 heavy (non-hydrogen) atoms. The summed E-state index contributed by atoms with van der Waals surface area (Å²) in [6.07, 6.45) is -0.619. The molecule has 0 aliphatic rings. The Morgan fingerprint density at radius 1 is 1.26 bits per heavy atom. The zero-order valence-electron chi connectivity index (χ0n) is 11.0. The molecule has 0 aromatic heterocycles. The number of hydrogen-bond acceptors (Lipinski definition) is 5. The molecule has 6 heteroatoms. The summed E-state index contributed by atoms with van der Waals surface area (Å²) in [5, 5.41) is 0. The third-order valence-corrected chi connectivity index (χ3v) is 2.41. The maximum Gasteiger partial charge on any atom is 0.339 e. The van der Waals surface area contributed by atoms with Gasteiger partial charge in [0.25, 0.3) is 5.91 Å². The van der Waals surface area contributed by atoms with Gasteiger partial charge in [-0.3, -0.25) is 4.79 Å². The van der Waals surface area contributed by atoms with Gasteiger partial charge in [0.15, 0.2) is 6.10 Å². The summed E-state index contributed by atoms with van der Waals surface area (Å²) in [7, 11) is 0. The molecule has 6 nitrogen and oxygen atoms in total. The first-order chi connectivity index (χ1) is 8.97. The molecule has 1 aromatic rings. The molecule has 104 valence electrons. The summed E-state index contributed by atoms with van der Waals surface area (Å²) in [6.45, 7) is 3.98. The number of amides is 1. The first kappa shape index (κ1) is 14.8. The maximum atomic E-state index is 11.9. The molecule has 0 aliphatic carbocycles. The second-order valence-electron chi connectivity index (χ2n) is 3.93. The number of primary amides is 1. The second-order valence-corrected chi connectivity index (χ2v) is 3.93. The van der Waals surface area contributed by atoms with Crippen LogP contribution >= 0.6 is 0 Å². The number of nitrogen functional groups attached to an aromatic ring is 1. The van der Waals surface area contributed by atoms with Crippen LogP contribution in [0, 0.1) is 0 Å². The first-order valence-corrected chi connectivity index (χ1v) is 6.01. The summed E-state index contributed by atoms with van der Waals surface area (Å²) >= 11 is 0. The molecule has 1 amide bonds. The second kappa shape index (κ2) is 6.63. The van der Waals surface area contributed by atoms with Gasteiger partial charge >= 0.3 is 5.97 Å². The highest BCUT2D eigenvalue weighted by Gasteiger charge is 2.19. The molecular weight excluding hydrogens is 248 g/mol. The summed E-state index contributed by atoms with van der Waals surface area (Å²) in [5.41, 5.74) is 11.4. The van der Waals surface area contributed by atoms with Gasteiger partial charge in [0.05, 0.1) is 12.2 Å². The molecule has 0 heterocycles. The van der Waals surface area contributed by atoms with Crippen molar-refractivity contribution in [3.05, 3.63) is 23.8 Å². The van der Waals surface area contributed by atoms with Crippen LogP contribution in [-0.4, -0.2) is 24.6 Å². The number of hydrogen-bond donors (Lipinski definition) is 2. The maximum absolute atomic E-state index is 11.9. The van der Waals surface area contributed by atoms with E-state index >= 15 is 0 Å². The Balaban J connectivity index is 2.89. The van der Waals surface area contributed by atoms with Crippen molar-refractivity contribution in [3.8, 4) is 5.75 Å². The lowest BCUT2D eigenvalue weighted by molar-refractivity contribution is -0.126. The number of nitrogens with two attached hydrogens (primary N) is 2. The summed E-state index contributed by atoms with van der Waals surface area (Å²) < 4.78 is 10.3. The molecule has 0 radical (unpaired) electrons. The molecule has 0 spiro atoms. The van der Waals surface area contributed by atoms with Crippen LogP contribution in [0.5, 0.6) is 5.75 Å². The SMILES string of the molecule is CCOc1cc(N)cc(C(=O)OC(CC)C(N)=O)c1. The first-order valence-electron chi connectivity index (χ1n) is 6.01. The molecule has 0 fully saturated rings. The number of esters is 1. The minimum Gasteiger partial charge on any atom is -0.494 e. The highest BCUT2D eigenvalue weighted by Crippen LogP contribution is 2.20. The van der Waals surface area contributed by atoms with Gasteiger partial charge in [-0.15, -0.1) is 0 Å². The fraction of sp³-hybridized carbons (Fsp3) is 0.385. The zero-order valence-corrected chi connectivity index (χ0v) is 11.0. The van der Waals surface area contributed by atoms with Crippen molar-refractivity contribution in [2.24, 2.45) is 5.73 Å². The number of carbonyl (C=O) groups is 2. The van der Waals surface area contributed by atoms with Gasteiger partial charge in [0.1, 0.15) is 5.75 Å². The monoisotopic (exact) mass is 266 g/mol. The highest BCUT2D eigenvalue weighted by molar-refractivity contribution is 5.93. The molecule has 0 bridgehead atoms. The molecule has 0 saturated heterocycles. The number of carbonyl (C=O) groups excluding carboxylic acids is 2. The van der Waals surface area contributed by atoms with Gasteiger partial charge in [-0.25, -0.2) is 4.79 Å². The standard InChI is InChI=1S/C13H18N2O4/c1-3-11(12(15)16)19-13(17)8-5-9(14)7-10(6-8)18-4-2/h5-7,11H,3-4,14H2,1-2H3,(H2,15,16). The van der Waals surface area contributed by atoms with Crippen molar-refractivity contribution in [1.29, 1.82) is 0 Å². The smallest absolute Gasteiger partial charge is 0.339 e. The zero-order chi connectivity index (χ0) is 14.4. The Morgan fingerprint density at radius 3 is 2.47 bits per heavy atom. The van der Waals surface area contributed by atoms with Crippen LogP contribution in [0.4, 0.5) is 5.69 Å². The quantitative estimate of drug-likeness (QED) is 0.592. The normalized spacial score (nSPS) is 11.7. The third kappa shape index (κ3) is 4.17. The topological polar surface area (TPSA) is 105 Å². The van der Waals surface area contributed by atoms with Crippen LogP contribution in [0.2, 0.25) is 0 Å². The van der Waals surface area contributed by atoms with Crippen molar-refractivity contribution in [3.63, 3.8) is 0 Å². The lowest BCUT2D eigenvalue weighted by atomic mass is 10.2. The van der Waals surface area contributed by atoms with E-state index in [9.17, 15) is 9.59 Å². The predicted octanol–water partition coefficient (Wildman–Crippen LogP) is 1.09. The van der Waals surface area contributed by atoms with Crippen LogP contribution in [0.3, 0.4) is 0 Å². The van der Waals surface area contributed by atoms with E-state index in [2.05, 4.69) is 0 Å². The largest absolute Gasteiger partial charge is 0.494 e. The van der Waals surface area contributed by atoms with E-state index in [0.29, 0.717) is 24.5 Å². The van der Waals surface area contributed by atoms with Crippen molar-refractivity contribution in [2.45, 2.75) is 26.4 Å². The van der Waals surface area contributed by atoms with E-state index in [0.717, 1.165) is 0 Å². The van der Waals surface area contributed by atoms with Gasteiger partial charge in [-0.2, -0.15) is 0 Å². The Labute approximate surface area is 111 Å². The van der Waals surface area contributed by atoms with Crippen LogP contribution in [-0.2, 0) is 9.53 Å². The van der Waals surface area contributed by atoms with Gasteiger partial charge in [-0.05, 0) is 25.5 Å². The summed E-state index contributed by atoms with van der Waals surface area (Å²) in [6, 6.07) is 4.57. The van der Waals surface area contributed by atoms with Crippen LogP contribution in [0.15, 0.2) is 18.2 Å². The lowest BCUT2D eigenvalue weighted by Crippen LogP contribution is -2.32. The van der Waals surface area contributed by atoms with Gasteiger partial charge in [0.2, 0.25) is 0 Å². The molecule has 1 rings (SSSR count). The van der Waals surface area contributed by atoms with E-state index in [1.165, 1.54) is 12.1 Å². The van der Waals surface area contributed by atoms with E-state index < -0.39 is 18.0 Å². The van der Waals surface area contributed by atoms with Crippen molar-refractivity contribution in [2.75, 3.05) is 12.3 Å². The summed E-state index contributed by atoms with van der Waals surface area (Å²) in [5.74, 6) is -0.856. The summed E-state index contributed by atoms with van der Waals surface area (Å²) in [4.78, 5) is 22.9. The van der Waals surface area contributed by atoms with Crippen molar-refractivity contribution >= 4 is 17.6 Å². The lowest BCUT2D eigenvalue weighted by Gasteiger charge is -2.13. The molecule has 0 aliphatic heterocycles. The molecule has 0 saturated carbocycles.